The van der Waals surface area contributed by atoms with E-state index in [0.717, 1.165) is 12.8 Å². The maximum atomic E-state index is 11.1. The minimum absolute atomic E-state index is 0.353. The van der Waals surface area contributed by atoms with E-state index in [2.05, 4.69) is 22.9 Å². The zero-order valence-electron chi connectivity index (χ0n) is 16.4. The SMILES string of the molecule is CCCCCCCCCCCCCCCCCCCCC(=O)CBr. The molecule has 0 amide bonds. The predicted octanol–water partition coefficient (Wildman–Crippen LogP) is 8.38. The van der Waals surface area contributed by atoms with Crippen LogP contribution >= 0.6 is 15.9 Å². The van der Waals surface area contributed by atoms with E-state index in [1.165, 1.54) is 109 Å². The summed E-state index contributed by atoms with van der Waals surface area (Å²) >= 11 is 3.22. The normalized spacial score (nSPS) is 11.1. The lowest BCUT2D eigenvalue weighted by Gasteiger charge is -2.03. The van der Waals surface area contributed by atoms with Crippen LogP contribution in [0.5, 0.6) is 0 Å². The van der Waals surface area contributed by atoms with Crippen molar-refractivity contribution in [3.63, 3.8) is 0 Å². The van der Waals surface area contributed by atoms with E-state index in [9.17, 15) is 4.79 Å². The molecule has 1 nitrogen and oxygen atoms in total. The van der Waals surface area contributed by atoms with Gasteiger partial charge in [-0.15, -0.1) is 0 Å². The highest BCUT2D eigenvalue weighted by atomic mass is 79.9. The van der Waals surface area contributed by atoms with Crippen LogP contribution < -0.4 is 0 Å². The van der Waals surface area contributed by atoms with E-state index in [1.54, 1.807) is 0 Å². The maximum Gasteiger partial charge on any atom is 0.143 e. The quantitative estimate of drug-likeness (QED) is 0.147. The maximum absolute atomic E-state index is 11.1. The number of carbonyl (C=O) groups is 1. The molecular formula is C22H43BrO. The first-order valence-electron chi connectivity index (χ1n) is 10.9. The first-order valence-corrected chi connectivity index (χ1v) is 12.0. The summed E-state index contributed by atoms with van der Waals surface area (Å²) in [6.07, 6.45) is 25.9. The average Bonchev–Trinajstić information content (AvgIpc) is 2.60. The van der Waals surface area contributed by atoms with Gasteiger partial charge in [-0.1, -0.05) is 132 Å². The second kappa shape index (κ2) is 21.2. The lowest BCUT2D eigenvalue weighted by atomic mass is 10.0. The molecule has 0 atom stereocenters. The first kappa shape index (κ1) is 24.1. The van der Waals surface area contributed by atoms with Crippen LogP contribution in [0.3, 0.4) is 0 Å². The molecule has 0 unspecified atom stereocenters. The molecule has 0 aromatic rings. The van der Waals surface area contributed by atoms with Crippen LogP contribution in [0.1, 0.15) is 129 Å². The Morgan fingerprint density at radius 1 is 0.542 bits per heavy atom. The number of rotatable bonds is 20. The molecule has 0 aromatic heterocycles. The standard InChI is InChI=1S/C22H43BrO/c1-2-3-4-5-6-7-8-9-10-11-12-13-14-15-16-17-18-19-20-22(24)21-23/h2-21H2,1H3. The molecular weight excluding hydrogens is 360 g/mol. The van der Waals surface area contributed by atoms with Gasteiger partial charge in [0, 0.05) is 6.42 Å². The van der Waals surface area contributed by atoms with Gasteiger partial charge in [-0.25, -0.2) is 0 Å². The number of hydrogen-bond donors (Lipinski definition) is 0. The summed E-state index contributed by atoms with van der Waals surface area (Å²) in [4.78, 5) is 11.1. The third-order valence-electron chi connectivity index (χ3n) is 4.96. The van der Waals surface area contributed by atoms with Crippen molar-refractivity contribution in [1.82, 2.24) is 0 Å². The van der Waals surface area contributed by atoms with Crippen LogP contribution in [0, 0.1) is 0 Å². The third-order valence-corrected chi connectivity index (χ3v) is 5.58. The second-order valence-electron chi connectivity index (χ2n) is 7.43. The highest BCUT2D eigenvalue weighted by Gasteiger charge is 1.98. The van der Waals surface area contributed by atoms with Gasteiger partial charge in [-0.3, -0.25) is 4.79 Å². The Hall–Kier alpha value is 0.150. The number of ketones is 1. The van der Waals surface area contributed by atoms with Crippen LogP contribution in [-0.2, 0) is 4.79 Å². The molecule has 0 rings (SSSR count). The van der Waals surface area contributed by atoms with E-state index in [1.807, 2.05) is 0 Å². The minimum Gasteiger partial charge on any atom is -0.299 e. The van der Waals surface area contributed by atoms with Crippen molar-refractivity contribution in [2.75, 3.05) is 5.33 Å². The van der Waals surface area contributed by atoms with Gasteiger partial charge in [0.2, 0.25) is 0 Å². The lowest BCUT2D eigenvalue weighted by molar-refractivity contribution is -0.116. The Morgan fingerprint density at radius 2 is 0.833 bits per heavy atom. The van der Waals surface area contributed by atoms with Crippen molar-refractivity contribution in [3.05, 3.63) is 0 Å². The molecule has 0 N–H and O–H groups in total. The zero-order chi connectivity index (χ0) is 17.7. The summed E-state index contributed by atoms with van der Waals surface area (Å²) in [6.45, 7) is 2.29. The number of Topliss-reactive ketones (excluding diaryl/α,β-unsaturated/α-hetero) is 1. The van der Waals surface area contributed by atoms with E-state index < -0.39 is 0 Å². The van der Waals surface area contributed by atoms with Crippen LogP contribution in [0.15, 0.2) is 0 Å². The Morgan fingerprint density at radius 3 is 1.12 bits per heavy atom. The number of carbonyl (C=O) groups excluding carboxylic acids is 1. The molecule has 0 heterocycles. The molecule has 0 spiro atoms. The topological polar surface area (TPSA) is 17.1 Å². The molecule has 0 aromatic carbocycles. The molecule has 0 saturated heterocycles. The fraction of sp³-hybridized carbons (Fsp3) is 0.955. The zero-order valence-corrected chi connectivity index (χ0v) is 18.0. The molecule has 2 heteroatoms. The number of alkyl halides is 1. The molecule has 0 saturated carbocycles. The fourth-order valence-electron chi connectivity index (χ4n) is 3.29. The molecule has 0 fully saturated rings. The van der Waals surface area contributed by atoms with Gasteiger partial charge in [0.1, 0.15) is 5.78 Å². The highest BCUT2D eigenvalue weighted by molar-refractivity contribution is 9.09. The van der Waals surface area contributed by atoms with E-state index in [0.29, 0.717) is 11.1 Å². The monoisotopic (exact) mass is 402 g/mol. The van der Waals surface area contributed by atoms with Crippen LogP contribution in [0.4, 0.5) is 0 Å². The van der Waals surface area contributed by atoms with Gasteiger partial charge < -0.3 is 0 Å². The van der Waals surface area contributed by atoms with Gasteiger partial charge in [0.25, 0.3) is 0 Å². The van der Waals surface area contributed by atoms with Gasteiger partial charge in [0.15, 0.2) is 0 Å². The average molecular weight is 403 g/mol. The fourth-order valence-corrected chi connectivity index (χ4v) is 3.57. The van der Waals surface area contributed by atoms with Gasteiger partial charge >= 0.3 is 0 Å². The Bertz CT molecular complexity index is 252. The molecule has 0 aliphatic heterocycles. The lowest BCUT2D eigenvalue weighted by Crippen LogP contribution is -1.97. The molecule has 0 radical (unpaired) electrons. The Kier molecular flexibility index (Phi) is 21.3. The molecule has 0 aliphatic carbocycles. The summed E-state index contributed by atoms with van der Waals surface area (Å²) in [5.41, 5.74) is 0. The first-order chi connectivity index (χ1) is 11.8. The smallest absolute Gasteiger partial charge is 0.143 e. The molecule has 24 heavy (non-hydrogen) atoms. The predicted molar refractivity (Wildman–Crippen MR) is 112 cm³/mol. The Balaban J connectivity index is 2.99. The van der Waals surface area contributed by atoms with Crippen LogP contribution in [-0.4, -0.2) is 11.1 Å². The van der Waals surface area contributed by atoms with Gasteiger partial charge in [-0.05, 0) is 6.42 Å². The number of unbranched alkanes of at least 4 members (excludes halogenated alkanes) is 17. The van der Waals surface area contributed by atoms with E-state index >= 15 is 0 Å². The largest absolute Gasteiger partial charge is 0.299 e. The van der Waals surface area contributed by atoms with Crippen molar-refractivity contribution in [3.8, 4) is 0 Å². The minimum atomic E-state index is 0.353. The molecule has 0 aliphatic rings. The van der Waals surface area contributed by atoms with Crippen molar-refractivity contribution in [2.45, 2.75) is 129 Å². The van der Waals surface area contributed by atoms with Crippen LogP contribution in [0.25, 0.3) is 0 Å². The summed E-state index contributed by atoms with van der Waals surface area (Å²) in [5.74, 6) is 0.353. The van der Waals surface area contributed by atoms with Crippen molar-refractivity contribution >= 4 is 21.7 Å². The summed E-state index contributed by atoms with van der Waals surface area (Å²) in [5, 5.41) is 0.534. The highest BCUT2D eigenvalue weighted by Crippen LogP contribution is 2.14. The number of hydrogen-bond acceptors (Lipinski definition) is 1. The van der Waals surface area contributed by atoms with Gasteiger partial charge in [-0.2, -0.15) is 0 Å². The van der Waals surface area contributed by atoms with E-state index in [4.69, 9.17) is 0 Å². The van der Waals surface area contributed by atoms with Crippen molar-refractivity contribution < 1.29 is 4.79 Å². The second-order valence-corrected chi connectivity index (χ2v) is 7.99. The van der Waals surface area contributed by atoms with Crippen molar-refractivity contribution in [2.24, 2.45) is 0 Å². The molecule has 144 valence electrons. The van der Waals surface area contributed by atoms with Crippen LogP contribution in [0.2, 0.25) is 0 Å². The molecule has 0 bridgehead atoms. The summed E-state index contributed by atoms with van der Waals surface area (Å²) < 4.78 is 0. The van der Waals surface area contributed by atoms with Crippen molar-refractivity contribution in [1.29, 1.82) is 0 Å². The van der Waals surface area contributed by atoms with E-state index in [-0.39, 0.29) is 0 Å². The summed E-state index contributed by atoms with van der Waals surface area (Å²) in [7, 11) is 0. The van der Waals surface area contributed by atoms with Gasteiger partial charge in [0.05, 0.1) is 5.33 Å². The number of halogens is 1. The Labute approximate surface area is 160 Å². The summed E-state index contributed by atoms with van der Waals surface area (Å²) in [6, 6.07) is 0. The third kappa shape index (κ3) is 20.2.